The van der Waals surface area contributed by atoms with Crippen LogP contribution in [0.1, 0.15) is 21.9 Å². The van der Waals surface area contributed by atoms with Crippen LogP contribution in [0.2, 0.25) is 0 Å². The molecule has 1 heterocycles. The lowest BCUT2D eigenvalue weighted by Gasteiger charge is -2.12. The minimum atomic E-state index is -1.05. The number of hydrogen-bond donors (Lipinski definition) is 1. The lowest BCUT2D eigenvalue weighted by molar-refractivity contribution is -0.137. The number of likely N-dealkylation sites (N-methyl/N-ethyl adjacent to an activating group) is 1. The van der Waals surface area contributed by atoms with Gasteiger partial charge in [-0.1, -0.05) is 0 Å². The highest BCUT2D eigenvalue weighted by Crippen LogP contribution is 2.15. The maximum atomic E-state index is 11.7. The van der Waals surface area contributed by atoms with Crippen LogP contribution in [0.5, 0.6) is 0 Å². The zero-order chi connectivity index (χ0) is 11.6. The number of carboxylic acid groups (broad SMARTS) is 1. The molecule has 0 saturated heterocycles. The number of carbonyl (C=O) groups excluding carboxylic acids is 1. The van der Waals surface area contributed by atoms with E-state index in [1.807, 2.05) is 0 Å². The molecule has 0 saturated carbocycles. The van der Waals surface area contributed by atoms with Crippen LogP contribution in [-0.2, 0) is 4.79 Å². The van der Waals surface area contributed by atoms with Crippen molar-refractivity contribution >= 4 is 11.9 Å². The van der Waals surface area contributed by atoms with Gasteiger partial charge in [-0.05, 0) is 19.9 Å². The zero-order valence-electron chi connectivity index (χ0n) is 8.90. The number of carboxylic acids is 1. The average molecular weight is 211 g/mol. The first kappa shape index (κ1) is 11.3. The van der Waals surface area contributed by atoms with Gasteiger partial charge in [0.15, 0.2) is 5.76 Å². The first-order valence-electron chi connectivity index (χ1n) is 4.46. The lowest BCUT2D eigenvalue weighted by Crippen LogP contribution is -2.32. The van der Waals surface area contributed by atoms with E-state index in [1.165, 1.54) is 7.05 Å². The fraction of sp³-hybridized carbons (Fsp3) is 0.400. The molecule has 1 aromatic rings. The zero-order valence-corrected chi connectivity index (χ0v) is 8.90. The van der Waals surface area contributed by atoms with Crippen molar-refractivity contribution in [2.24, 2.45) is 0 Å². The molecule has 0 atom stereocenters. The Labute approximate surface area is 87.3 Å². The molecule has 0 unspecified atom stereocenters. The van der Waals surface area contributed by atoms with E-state index in [-0.39, 0.29) is 12.3 Å². The predicted octanol–water partition coefficient (Wildman–Crippen LogP) is 1.05. The van der Waals surface area contributed by atoms with E-state index >= 15 is 0 Å². The summed E-state index contributed by atoms with van der Waals surface area (Å²) >= 11 is 0. The molecule has 1 N–H and O–H groups in total. The quantitative estimate of drug-likeness (QED) is 0.811. The number of furan rings is 1. The van der Waals surface area contributed by atoms with Gasteiger partial charge in [0.25, 0.3) is 5.91 Å². The second-order valence-electron chi connectivity index (χ2n) is 3.42. The SMILES string of the molecule is Cc1cc(C)c(C(=O)N(C)CC(=O)O)o1. The molecule has 0 spiro atoms. The smallest absolute Gasteiger partial charge is 0.323 e. The molecule has 0 radical (unpaired) electrons. The first-order chi connectivity index (χ1) is 6.91. The molecule has 15 heavy (non-hydrogen) atoms. The van der Waals surface area contributed by atoms with E-state index in [1.54, 1.807) is 19.9 Å². The summed E-state index contributed by atoms with van der Waals surface area (Å²) in [4.78, 5) is 23.2. The number of hydrogen-bond acceptors (Lipinski definition) is 3. The highest BCUT2D eigenvalue weighted by atomic mass is 16.4. The van der Waals surface area contributed by atoms with Gasteiger partial charge in [0.1, 0.15) is 12.3 Å². The number of aliphatic carboxylic acids is 1. The van der Waals surface area contributed by atoms with Gasteiger partial charge in [-0.2, -0.15) is 0 Å². The summed E-state index contributed by atoms with van der Waals surface area (Å²) in [6.45, 7) is 3.15. The van der Waals surface area contributed by atoms with Crippen molar-refractivity contribution in [3.8, 4) is 0 Å². The summed E-state index contributed by atoms with van der Waals surface area (Å²) in [5.41, 5.74) is 0.717. The van der Waals surface area contributed by atoms with Crippen molar-refractivity contribution in [2.75, 3.05) is 13.6 Å². The molecule has 0 aliphatic heterocycles. The molecule has 0 aliphatic rings. The Balaban J connectivity index is 2.84. The number of rotatable bonds is 3. The van der Waals surface area contributed by atoms with E-state index in [2.05, 4.69) is 0 Å². The fourth-order valence-electron chi connectivity index (χ4n) is 1.30. The minimum absolute atomic E-state index is 0.205. The van der Waals surface area contributed by atoms with Crippen LogP contribution in [0, 0.1) is 13.8 Å². The van der Waals surface area contributed by atoms with E-state index in [0.717, 1.165) is 10.5 Å². The minimum Gasteiger partial charge on any atom is -0.480 e. The third kappa shape index (κ3) is 2.59. The van der Waals surface area contributed by atoms with Gasteiger partial charge in [0, 0.05) is 12.6 Å². The monoisotopic (exact) mass is 211 g/mol. The molecule has 1 amide bonds. The fourth-order valence-corrected chi connectivity index (χ4v) is 1.30. The van der Waals surface area contributed by atoms with Crippen LogP contribution in [0.15, 0.2) is 10.5 Å². The second kappa shape index (κ2) is 4.16. The Morgan fingerprint density at radius 3 is 2.47 bits per heavy atom. The van der Waals surface area contributed by atoms with Gasteiger partial charge >= 0.3 is 5.97 Å². The van der Waals surface area contributed by atoms with Gasteiger partial charge in [-0.25, -0.2) is 0 Å². The number of aryl methyl sites for hydroxylation is 2. The van der Waals surface area contributed by atoms with E-state index in [4.69, 9.17) is 9.52 Å². The maximum absolute atomic E-state index is 11.7. The van der Waals surface area contributed by atoms with Crippen molar-refractivity contribution in [1.29, 1.82) is 0 Å². The predicted molar refractivity (Wildman–Crippen MR) is 52.8 cm³/mol. The molecule has 0 aromatic carbocycles. The van der Waals surface area contributed by atoms with Crippen molar-refractivity contribution in [3.05, 3.63) is 23.2 Å². The molecule has 5 nitrogen and oxygen atoms in total. The second-order valence-corrected chi connectivity index (χ2v) is 3.42. The Bertz CT molecular complexity index is 394. The molecule has 1 aromatic heterocycles. The van der Waals surface area contributed by atoms with Crippen LogP contribution in [0.25, 0.3) is 0 Å². The van der Waals surface area contributed by atoms with Crippen LogP contribution >= 0.6 is 0 Å². The summed E-state index contributed by atoms with van der Waals surface area (Å²) in [5, 5.41) is 8.53. The summed E-state index contributed by atoms with van der Waals surface area (Å²) in [6.07, 6.45) is 0. The Kier molecular flexibility index (Phi) is 3.14. The topological polar surface area (TPSA) is 70.8 Å². The van der Waals surface area contributed by atoms with Crippen LogP contribution < -0.4 is 0 Å². The normalized spacial score (nSPS) is 10.1. The largest absolute Gasteiger partial charge is 0.480 e. The lowest BCUT2D eigenvalue weighted by atomic mass is 10.2. The van der Waals surface area contributed by atoms with Crippen LogP contribution in [-0.4, -0.2) is 35.5 Å². The van der Waals surface area contributed by atoms with Gasteiger partial charge in [0.2, 0.25) is 0 Å². The highest BCUT2D eigenvalue weighted by molar-refractivity contribution is 5.94. The Morgan fingerprint density at radius 1 is 1.47 bits per heavy atom. The first-order valence-corrected chi connectivity index (χ1v) is 4.46. The van der Waals surface area contributed by atoms with Gasteiger partial charge in [-0.15, -0.1) is 0 Å². The standard InChI is InChI=1S/C10H13NO4/c1-6-4-7(2)15-9(6)10(14)11(3)5-8(12)13/h4H,5H2,1-3H3,(H,12,13). The van der Waals surface area contributed by atoms with Gasteiger partial charge < -0.3 is 14.4 Å². The number of amides is 1. The summed E-state index contributed by atoms with van der Waals surface area (Å²) < 4.78 is 5.19. The third-order valence-corrected chi connectivity index (χ3v) is 1.95. The van der Waals surface area contributed by atoms with Crippen molar-refractivity contribution in [2.45, 2.75) is 13.8 Å². The Morgan fingerprint density at radius 2 is 2.07 bits per heavy atom. The molecular weight excluding hydrogens is 198 g/mol. The summed E-state index contributed by atoms with van der Waals surface area (Å²) in [5.74, 6) is -0.620. The Hall–Kier alpha value is -1.78. The van der Waals surface area contributed by atoms with E-state index in [9.17, 15) is 9.59 Å². The maximum Gasteiger partial charge on any atom is 0.323 e. The molecule has 0 bridgehead atoms. The number of nitrogens with zero attached hydrogens (tertiary/aromatic N) is 1. The van der Waals surface area contributed by atoms with Crippen molar-refractivity contribution in [1.82, 2.24) is 4.90 Å². The third-order valence-electron chi connectivity index (χ3n) is 1.95. The average Bonchev–Trinajstić information content (AvgIpc) is 2.42. The van der Waals surface area contributed by atoms with Crippen LogP contribution in [0.3, 0.4) is 0 Å². The summed E-state index contributed by atoms with van der Waals surface area (Å²) in [6, 6.07) is 1.74. The molecule has 0 aliphatic carbocycles. The molecular formula is C10H13NO4. The highest BCUT2D eigenvalue weighted by Gasteiger charge is 2.19. The number of carbonyl (C=O) groups is 2. The van der Waals surface area contributed by atoms with Gasteiger partial charge in [0.05, 0.1) is 0 Å². The van der Waals surface area contributed by atoms with Crippen LogP contribution in [0.4, 0.5) is 0 Å². The molecule has 1 rings (SSSR count). The van der Waals surface area contributed by atoms with Crippen molar-refractivity contribution in [3.63, 3.8) is 0 Å². The molecule has 0 fully saturated rings. The van der Waals surface area contributed by atoms with Gasteiger partial charge in [-0.3, -0.25) is 9.59 Å². The van der Waals surface area contributed by atoms with E-state index < -0.39 is 11.9 Å². The van der Waals surface area contributed by atoms with Crippen molar-refractivity contribution < 1.29 is 19.1 Å². The molecule has 82 valence electrons. The van der Waals surface area contributed by atoms with E-state index in [0.29, 0.717) is 5.76 Å². The molecule has 5 heteroatoms. The summed E-state index contributed by atoms with van der Waals surface area (Å²) in [7, 11) is 1.42.